The number of anilines is 1. The molecule has 4 aromatic rings. The Kier molecular flexibility index (Phi) is 5.33. The largest absolute Gasteiger partial charge is 0.507 e. The Morgan fingerprint density at radius 3 is 2.15 bits per heavy atom. The monoisotopic (exact) mass is 468 g/mol. The third-order valence-corrected chi connectivity index (χ3v) is 7.19. The number of aliphatic hydroxyl groups excluding tert-OH is 1. The standard InChI is InChI=1S/C28H24N2O3S/c1-15-5-9-19(10-6-15)24-22(25(31)20-11-7-16(2)8-12-20)26(32)27(33)30(24)28-29-23-18(4)13-17(3)14-21(23)34-28/h5-14,24,31H,1-4H3/b25-22+. The number of amides is 1. The van der Waals surface area contributed by atoms with Crippen LogP contribution in [0.4, 0.5) is 5.13 Å². The van der Waals surface area contributed by atoms with Crippen molar-refractivity contribution in [2.75, 3.05) is 4.90 Å². The van der Waals surface area contributed by atoms with E-state index in [1.807, 2.05) is 70.2 Å². The number of fused-ring (bicyclic) bond motifs is 1. The number of Topliss-reactive ketones (excluding diaryl/α,β-unsaturated/α-hetero) is 1. The summed E-state index contributed by atoms with van der Waals surface area (Å²) in [5, 5.41) is 11.7. The van der Waals surface area contributed by atoms with Crippen LogP contribution in [0.15, 0.2) is 66.2 Å². The van der Waals surface area contributed by atoms with Crippen molar-refractivity contribution < 1.29 is 14.7 Å². The Labute approximate surface area is 202 Å². The lowest BCUT2D eigenvalue weighted by Crippen LogP contribution is -2.29. The average molecular weight is 469 g/mol. The zero-order valence-corrected chi connectivity index (χ0v) is 20.2. The molecule has 0 saturated carbocycles. The molecule has 170 valence electrons. The summed E-state index contributed by atoms with van der Waals surface area (Å²) in [5.41, 5.74) is 6.34. The zero-order valence-electron chi connectivity index (χ0n) is 19.4. The Morgan fingerprint density at radius 1 is 0.882 bits per heavy atom. The van der Waals surface area contributed by atoms with E-state index in [9.17, 15) is 14.7 Å². The van der Waals surface area contributed by atoms with Crippen LogP contribution in [-0.4, -0.2) is 21.8 Å². The van der Waals surface area contributed by atoms with Gasteiger partial charge in [0, 0.05) is 5.56 Å². The van der Waals surface area contributed by atoms with Gasteiger partial charge in [-0.2, -0.15) is 0 Å². The number of rotatable bonds is 3. The van der Waals surface area contributed by atoms with Crippen LogP contribution in [-0.2, 0) is 9.59 Å². The average Bonchev–Trinajstić information content (AvgIpc) is 3.33. The summed E-state index contributed by atoms with van der Waals surface area (Å²) in [6.45, 7) is 7.94. The number of aliphatic hydroxyl groups is 1. The first kappa shape index (κ1) is 22.0. The second-order valence-electron chi connectivity index (χ2n) is 8.87. The highest BCUT2D eigenvalue weighted by Crippen LogP contribution is 2.44. The summed E-state index contributed by atoms with van der Waals surface area (Å²) in [5.74, 6) is -1.58. The Bertz CT molecular complexity index is 1480. The normalized spacial score (nSPS) is 17.6. The fourth-order valence-electron chi connectivity index (χ4n) is 4.42. The van der Waals surface area contributed by atoms with Gasteiger partial charge in [0.15, 0.2) is 5.13 Å². The Hall–Kier alpha value is -3.77. The summed E-state index contributed by atoms with van der Waals surface area (Å²) < 4.78 is 0.954. The van der Waals surface area contributed by atoms with Gasteiger partial charge in [0.1, 0.15) is 5.76 Å². The second-order valence-corrected chi connectivity index (χ2v) is 9.88. The molecule has 1 saturated heterocycles. The van der Waals surface area contributed by atoms with Crippen molar-refractivity contribution in [1.29, 1.82) is 0 Å². The molecule has 0 bridgehead atoms. The van der Waals surface area contributed by atoms with Gasteiger partial charge >= 0.3 is 5.91 Å². The topological polar surface area (TPSA) is 70.5 Å². The number of carbonyl (C=O) groups is 2. The highest BCUT2D eigenvalue weighted by atomic mass is 32.1. The molecule has 3 aromatic carbocycles. The van der Waals surface area contributed by atoms with Crippen LogP contribution in [0.5, 0.6) is 0 Å². The molecule has 1 atom stereocenters. The number of benzene rings is 3. The van der Waals surface area contributed by atoms with Gasteiger partial charge in [-0.3, -0.25) is 14.5 Å². The van der Waals surface area contributed by atoms with E-state index in [2.05, 4.69) is 6.07 Å². The lowest BCUT2D eigenvalue weighted by Gasteiger charge is -2.23. The minimum atomic E-state index is -0.774. The maximum Gasteiger partial charge on any atom is 0.301 e. The number of hydrogen-bond donors (Lipinski definition) is 1. The number of aromatic nitrogens is 1. The highest BCUT2D eigenvalue weighted by Gasteiger charge is 2.48. The minimum Gasteiger partial charge on any atom is -0.507 e. The molecule has 1 aliphatic rings. The van der Waals surface area contributed by atoms with Crippen molar-refractivity contribution in [3.8, 4) is 0 Å². The van der Waals surface area contributed by atoms with Crippen molar-refractivity contribution >= 4 is 44.1 Å². The molecule has 0 radical (unpaired) electrons. The molecule has 6 heteroatoms. The predicted octanol–water partition coefficient (Wildman–Crippen LogP) is 6.16. The molecule has 2 heterocycles. The molecule has 0 aliphatic carbocycles. The zero-order chi connectivity index (χ0) is 24.1. The van der Waals surface area contributed by atoms with Crippen LogP contribution in [0.1, 0.15) is 39.4 Å². The third-order valence-electron chi connectivity index (χ3n) is 6.19. The summed E-state index contributed by atoms with van der Waals surface area (Å²) in [6, 6.07) is 18.2. The quantitative estimate of drug-likeness (QED) is 0.222. The van der Waals surface area contributed by atoms with Gasteiger partial charge < -0.3 is 5.11 Å². The second kappa shape index (κ2) is 8.22. The number of thiazole rings is 1. The van der Waals surface area contributed by atoms with Crippen molar-refractivity contribution in [1.82, 2.24) is 4.98 Å². The van der Waals surface area contributed by atoms with Crippen molar-refractivity contribution in [3.05, 3.63) is 99.6 Å². The number of hydrogen-bond acceptors (Lipinski definition) is 5. The molecule has 34 heavy (non-hydrogen) atoms. The first-order valence-electron chi connectivity index (χ1n) is 11.1. The van der Waals surface area contributed by atoms with E-state index < -0.39 is 17.7 Å². The van der Waals surface area contributed by atoms with E-state index in [4.69, 9.17) is 4.98 Å². The molecule has 1 amide bonds. The minimum absolute atomic E-state index is 0.0739. The molecule has 1 fully saturated rings. The molecule has 5 rings (SSSR count). The maximum atomic E-state index is 13.4. The number of nitrogens with zero attached hydrogens (tertiary/aromatic N) is 2. The molecule has 1 aromatic heterocycles. The number of aryl methyl sites for hydroxylation is 4. The fourth-order valence-corrected chi connectivity index (χ4v) is 5.59. The van der Waals surface area contributed by atoms with Gasteiger partial charge in [-0.1, -0.05) is 77.1 Å². The van der Waals surface area contributed by atoms with Crippen LogP contribution >= 0.6 is 11.3 Å². The van der Waals surface area contributed by atoms with E-state index >= 15 is 0 Å². The lowest BCUT2D eigenvalue weighted by atomic mass is 9.94. The lowest BCUT2D eigenvalue weighted by molar-refractivity contribution is -0.132. The van der Waals surface area contributed by atoms with Crippen LogP contribution in [0, 0.1) is 27.7 Å². The predicted molar refractivity (Wildman–Crippen MR) is 136 cm³/mol. The Morgan fingerprint density at radius 2 is 1.50 bits per heavy atom. The first-order chi connectivity index (χ1) is 16.2. The highest BCUT2D eigenvalue weighted by molar-refractivity contribution is 7.22. The van der Waals surface area contributed by atoms with Gasteiger partial charge in [0.25, 0.3) is 5.78 Å². The molecule has 0 spiro atoms. The summed E-state index contributed by atoms with van der Waals surface area (Å²) >= 11 is 1.38. The van der Waals surface area contributed by atoms with E-state index in [0.717, 1.165) is 38.0 Å². The molecule has 5 nitrogen and oxygen atoms in total. The van der Waals surface area contributed by atoms with Crippen molar-refractivity contribution in [3.63, 3.8) is 0 Å². The van der Waals surface area contributed by atoms with Gasteiger partial charge in [-0.05, 0) is 50.5 Å². The van der Waals surface area contributed by atoms with Crippen LogP contribution in [0.25, 0.3) is 16.0 Å². The molecular weight excluding hydrogens is 444 g/mol. The van der Waals surface area contributed by atoms with Crippen LogP contribution in [0.3, 0.4) is 0 Å². The van der Waals surface area contributed by atoms with Crippen molar-refractivity contribution in [2.45, 2.75) is 33.7 Å². The van der Waals surface area contributed by atoms with E-state index in [1.165, 1.54) is 16.2 Å². The van der Waals surface area contributed by atoms with Gasteiger partial charge in [0.2, 0.25) is 0 Å². The van der Waals surface area contributed by atoms with Gasteiger partial charge in [-0.25, -0.2) is 4.98 Å². The van der Waals surface area contributed by atoms with Gasteiger partial charge in [-0.15, -0.1) is 0 Å². The van der Waals surface area contributed by atoms with E-state index in [-0.39, 0.29) is 11.3 Å². The fraction of sp³-hybridized carbons (Fsp3) is 0.179. The SMILES string of the molecule is Cc1ccc(/C(O)=C2\C(=O)C(=O)N(c3nc4c(C)cc(C)cc4s3)C2c2ccc(C)cc2)cc1. The summed E-state index contributed by atoms with van der Waals surface area (Å²) in [7, 11) is 0. The summed E-state index contributed by atoms with van der Waals surface area (Å²) in [4.78, 5) is 32.9. The molecule has 1 unspecified atom stereocenters. The molecule has 1 N–H and O–H groups in total. The summed E-state index contributed by atoms with van der Waals surface area (Å²) in [6.07, 6.45) is 0. The molecule has 1 aliphatic heterocycles. The smallest absolute Gasteiger partial charge is 0.301 e. The Balaban J connectivity index is 1.74. The van der Waals surface area contributed by atoms with Crippen LogP contribution < -0.4 is 4.90 Å². The molecular formula is C28H24N2O3S. The first-order valence-corrected chi connectivity index (χ1v) is 11.9. The van der Waals surface area contributed by atoms with Gasteiger partial charge in [0.05, 0.1) is 21.8 Å². The van der Waals surface area contributed by atoms with E-state index in [0.29, 0.717) is 10.7 Å². The van der Waals surface area contributed by atoms with Crippen LogP contribution in [0.2, 0.25) is 0 Å². The number of ketones is 1. The number of carbonyl (C=O) groups excluding carboxylic acids is 2. The third kappa shape index (κ3) is 3.60. The van der Waals surface area contributed by atoms with Crippen molar-refractivity contribution in [2.24, 2.45) is 0 Å². The maximum absolute atomic E-state index is 13.4. The van der Waals surface area contributed by atoms with E-state index in [1.54, 1.807) is 12.1 Å².